The first-order valence-electron chi connectivity index (χ1n) is 23.5. The Labute approximate surface area is 544 Å². The molecule has 0 aliphatic carbocycles. The number of carboxylic acid groups (broad SMARTS) is 4. The minimum Gasteiger partial charge on any atom is -0.480 e. The van der Waals surface area contributed by atoms with Gasteiger partial charge in [0.1, 0.15) is 24.2 Å². The van der Waals surface area contributed by atoms with E-state index >= 15 is 0 Å². The minimum atomic E-state index is -7.38. The second kappa shape index (κ2) is 29.4. The summed E-state index contributed by atoms with van der Waals surface area (Å²) in [5.74, 6) is -67.2. The summed E-state index contributed by atoms with van der Waals surface area (Å²) in [6.07, 6.45) is -32.7. The topological polar surface area (TPSA) is 299 Å². The Morgan fingerprint density at radius 3 is 0.449 bits per heavy atom. The van der Waals surface area contributed by atoms with Gasteiger partial charge >= 0.3 is 117 Å². The molecule has 0 amide bonds. The van der Waals surface area contributed by atoms with E-state index in [2.05, 4.69) is 0 Å². The Balaban J connectivity index is 0. The van der Waals surface area contributed by atoms with Gasteiger partial charge in [0.2, 0.25) is 0 Å². The molecule has 4 rings (SSSR count). The molecule has 2 radical (unpaired) electrons. The van der Waals surface area contributed by atoms with Gasteiger partial charge in [-0.2, -0.15) is 175 Å². The predicted octanol–water partition coefficient (Wildman–Crippen LogP) is 9.16. The van der Waals surface area contributed by atoms with Gasteiger partial charge in [0.15, 0.2) is 0 Å². The van der Waals surface area contributed by atoms with Crippen LogP contribution in [0.1, 0.15) is 51.4 Å². The van der Waals surface area contributed by atoms with Crippen molar-refractivity contribution in [2.75, 3.05) is 26.2 Å². The van der Waals surface area contributed by atoms with E-state index in [0.717, 1.165) is 0 Å². The van der Waals surface area contributed by atoms with Crippen molar-refractivity contribution in [3.8, 4) is 0 Å². The summed E-state index contributed by atoms with van der Waals surface area (Å²) in [5.41, 5.74) is 0. The molecule has 20 nitrogen and oxygen atoms in total. The van der Waals surface area contributed by atoms with Crippen molar-refractivity contribution < 1.29 is 270 Å². The van der Waals surface area contributed by atoms with Gasteiger partial charge in [-0.1, -0.05) is 0 Å². The van der Waals surface area contributed by atoms with Crippen LogP contribution in [0.25, 0.3) is 0 Å². The van der Waals surface area contributed by atoms with Gasteiger partial charge in [0.05, 0.1) is 0 Å². The fourth-order valence-electron chi connectivity index (χ4n) is 7.78. The van der Waals surface area contributed by atoms with E-state index in [0.29, 0.717) is 0 Å². The number of hydrogen-bond acceptors (Lipinski definition) is 12. The number of halogens is 36. The first-order valence-corrected chi connectivity index (χ1v) is 29.2. The smallest absolute Gasteiger partial charge is 0.460 e. The monoisotopic (exact) mass is 1790 g/mol. The zero-order chi connectivity index (χ0) is 77.4. The minimum absolute atomic E-state index is 0. The summed E-state index contributed by atoms with van der Waals surface area (Å²) in [6.45, 7) is -4.21. The van der Waals surface area contributed by atoms with Gasteiger partial charge in [0.25, 0.3) is 40.1 Å². The summed E-state index contributed by atoms with van der Waals surface area (Å²) in [5, 5.41) is 6.93. The van der Waals surface area contributed by atoms with Crippen molar-refractivity contribution in [1.29, 1.82) is 0 Å². The van der Waals surface area contributed by atoms with Gasteiger partial charge in [-0.25, -0.2) is 33.7 Å². The Morgan fingerprint density at radius 2 is 0.357 bits per heavy atom. The standard InChI is InChI=1S/4C9H8F9NO4S.2Rh/c4*10-6(11,8(14,15)16)7(12,13)9(17,18)24(22,23)19-3-1-2-4(19)5(20)21;;/h4*4H,1-3H2,(H,20,21);;/t4*4-;;/m0000../s1. The molecule has 0 aromatic carbocycles. The molecule has 4 N–H and O–H groups in total. The van der Waals surface area contributed by atoms with Gasteiger partial charge in [-0.3, -0.25) is 19.2 Å². The normalized spacial score (nSPS) is 21.5. The van der Waals surface area contributed by atoms with E-state index in [-0.39, 0.29) is 39.0 Å². The van der Waals surface area contributed by atoms with Crippen LogP contribution in [0.5, 0.6) is 0 Å². The van der Waals surface area contributed by atoms with Gasteiger partial charge in [0, 0.05) is 65.1 Å². The summed E-state index contributed by atoms with van der Waals surface area (Å²) in [6, 6.07) is -9.13. The molecule has 0 saturated carbocycles. The van der Waals surface area contributed by atoms with Crippen LogP contribution in [0.15, 0.2) is 0 Å². The maximum absolute atomic E-state index is 13.5. The van der Waals surface area contributed by atoms with Gasteiger partial charge in [-0.15, -0.1) is 0 Å². The zero-order valence-corrected chi connectivity index (χ0v) is 51.7. The summed E-state index contributed by atoms with van der Waals surface area (Å²) >= 11 is 0. The molecule has 62 heteroatoms. The Hall–Kier alpha value is -3.75. The molecule has 0 spiro atoms. The summed E-state index contributed by atoms with van der Waals surface area (Å²) in [4.78, 5) is 42.9. The molecule has 4 saturated heterocycles. The Bertz CT molecular complexity index is 2910. The molecule has 4 fully saturated rings. The first kappa shape index (κ1) is 96.3. The van der Waals surface area contributed by atoms with Crippen LogP contribution in [-0.4, -0.2) is 239 Å². The van der Waals surface area contributed by atoms with Crippen molar-refractivity contribution >= 4 is 64.0 Å². The van der Waals surface area contributed by atoms with Crippen LogP contribution < -0.4 is 0 Å². The first-order chi connectivity index (χ1) is 41.7. The molecule has 4 aliphatic rings. The zero-order valence-electron chi connectivity index (χ0n) is 45.2. The second-order valence-electron chi connectivity index (χ2n) is 19.1. The number of hydrogen-bond donors (Lipinski definition) is 4. The average molecular weight is 1790 g/mol. The summed E-state index contributed by atoms with van der Waals surface area (Å²) in [7, 11) is -27.4. The van der Waals surface area contributed by atoms with E-state index in [1.165, 1.54) is 0 Å². The third kappa shape index (κ3) is 15.8. The maximum atomic E-state index is 13.5. The number of carbonyl (C=O) groups is 4. The molecule has 586 valence electrons. The predicted molar refractivity (Wildman–Crippen MR) is 229 cm³/mol. The number of sulfonamides is 4. The molecular weight excluding hydrogens is 1760 g/mol. The Morgan fingerprint density at radius 1 is 0.245 bits per heavy atom. The number of carboxylic acids is 4. The summed E-state index contributed by atoms with van der Waals surface area (Å²) < 4.78 is 548. The van der Waals surface area contributed by atoms with Crippen LogP contribution >= 0.6 is 0 Å². The van der Waals surface area contributed by atoms with Gasteiger partial charge < -0.3 is 20.4 Å². The fraction of sp³-hybridized carbons (Fsp3) is 0.889. The van der Waals surface area contributed by atoms with Crippen molar-refractivity contribution in [2.24, 2.45) is 0 Å². The largest absolute Gasteiger partial charge is 0.480 e. The van der Waals surface area contributed by atoms with Gasteiger partial charge in [-0.05, 0) is 51.4 Å². The van der Waals surface area contributed by atoms with Crippen molar-refractivity contribution in [3.63, 3.8) is 0 Å². The van der Waals surface area contributed by atoms with Crippen LogP contribution in [0.4, 0.5) is 158 Å². The van der Waals surface area contributed by atoms with Crippen LogP contribution in [-0.2, 0) is 98.2 Å². The van der Waals surface area contributed by atoms with Crippen LogP contribution in [0.2, 0.25) is 0 Å². The van der Waals surface area contributed by atoms with E-state index in [9.17, 15) is 211 Å². The number of rotatable bonds is 20. The molecule has 4 aliphatic heterocycles. The molecule has 4 atom stereocenters. The molecule has 0 bridgehead atoms. The SMILES string of the molecule is O=C(O)[C@@H]1CCCN1S(=O)(=O)C(F)(F)C(F)(F)C(F)(F)C(F)(F)F.O=C(O)[C@@H]1CCCN1S(=O)(=O)C(F)(F)C(F)(F)C(F)(F)C(F)(F)F.O=C(O)[C@@H]1CCCN1S(=O)(=O)C(F)(F)C(F)(F)C(F)(F)C(F)(F)F.O=C(O)[C@@H]1CCCN1S(=O)(=O)C(F)(F)C(F)(F)C(F)(F)C(F)(F)F.[Rh].[Rh]. The molecule has 98 heavy (non-hydrogen) atoms. The Kier molecular flexibility index (Phi) is 28.9. The molecule has 0 unspecified atom stereocenters. The van der Waals surface area contributed by atoms with E-state index < -0.39 is 276 Å². The number of aliphatic carboxylic acids is 4. The van der Waals surface area contributed by atoms with E-state index in [1.807, 2.05) is 0 Å². The van der Waals surface area contributed by atoms with Crippen LogP contribution in [0, 0.1) is 0 Å². The maximum Gasteiger partial charge on any atom is 0.460 e. The molecule has 0 aromatic heterocycles. The third-order valence-electron chi connectivity index (χ3n) is 12.9. The number of alkyl halides is 36. The van der Waals surface area contributed by atoms with Crippen molar-refractivity contribution in [1.82, 2.24) is 17.2 Å². The van der Waals surface area contributed by atoms with Crippen LogP contribution in [0.3, 0.4) is 0 Å². The molecule has 0 aromatic rings. The van der Waals surface area contributed by atoms with Crippen molar-refractivity contribution in [3.05, 3.63) is 0 Å². The third-order valence-corrected chi connectivity index (χ3v) is 20.8. The fourth-order valence-corrected chi connectivity index (χ4v) is 14.4. The average Bonchev–Trinajstić information content (AvgIpc) is 0.977. The van der Waals surface area contributed by atoms with E-state index in [1.54, 1.807) is 0 Å². The second-order valence-corrected chi connectivity index (χ2v) is 26.8. The molecule has 4 heterocycles. The molecular formula is C36H32F36N4O16Rh2S4. The van der Waals surface area contributed by atoms with Crippen molar-refractivity contribution in [2.45, 2.75) is 169 Å². The number of nitrogens with zero attached hydrogens (tertiary/aromatic N) is 4. The quantitative estimate of drug-likeness (QED) is 0.0652. The van der Waals surface area contributed by atoms with E-state index in [4.69, 9.17) is 20.4 Å².